The molecule has 0 aromatic heterocycles. The second-order valence-electron chi connectivity index (χ2n) is 6.02. The molecule has 9 atom stereocenters. The van der Waals surface area contributed by atoms with Crippen LogP contribution >= 0.6 is 34.8 Å². The largest absolute Gasteiger partial charge is 0.394 e. The Balaban J connectivity index is 2.18. The van der Waals surface area contributed by atoms with Gasteiger partial charge in [0.25, 0.3) is 0 Å². The van der Waals surface area contributed by atoms with Gasteiger partial charge in [-0.15, -0.1) is 34.8 Å². The fourth-order valence-corrected chi connectivity index (χ4v) is 3.96. The van der Waals surface area contributed by atoms with Crippen LogP contribution in [0.2, 0.25) is 0 Å². The number of halogens is 3. The number of alkyl halides is 3. The topological polar surface area (TPSA) is 120 Å². The average molecular weight is 396 g/mol. The molecule has 1 saturated heterocycles. The third-order valence-corrected chi connectivity index (χ3v) is 5.92. The van der Waals surface area contributed by atoms with E-state index in [9.17, 15) is 25.5 Å². The molecule has 1 heterocycles. The van der Waals surface area contributed by atoms with E-state index in [2.05, 4.69) is 0 Å². The SMILES string of the molecule is OCC1O[C@@H](O[C@]2(CCl)C[C@@H](CCl)[C@H](O)[C@H]2O)[C@H](O)[C@H](O)[C@H]1Cl. The van der Waals surface area contributed by atoms with Gasteiger partial charge in [0, 0.05) is 11.8 Å². The zero-order valence-corrected chi connectivity index (χ0v) is 14.4. The monoisotopic (exact) mass is 394 g/mol. The fourth-order valence-electron chi connectivity index (χ4n) is 3.05. The number of hydrogen-bond donors (Lipinski definition) is 5. The summed E-state index contributed by atoms with van der Waals surface area (Å²) in [5.74, 6) is -0.527. The van der Waals surface area contributed by atoms with Gasteiger partial charge in [0.1, 0.15) is 30.0 Å². The van der Waals surface area contributed by atoms with Gasteiger partial charge in [-0.05, 0) is 6.42 Å². The lowest BCUT2D eigenvalue weighted by molar-refractivity contribution is -0.309. The summed E-state index contributed by atoms with van der Waals surface area (Å²) in [6.45, 7) is -0.485. The Labute approximate surface area is 148 Å². The van der Waals surface area contributed by atoms with E-state index in [1.54, 1.807) is 0 Å². The maximum Gasteiger partial charge on any atom is 0.187 e. The van der Waals surface area contributed by atoms with Gasteiger partial charge in [0.05, 0.1) is 24.0 Å². The molecule has 1 unspecified atom stereocenters. The molecule has 2 rings (SSSR count). The molecule has 0 aromatic carbocycles. The highest BCUT2D eigenvalue weighted by Gasteiger charge is 2.56. The first-order valence-electron chi connectivity index (χ1n) is 7.23. The van der Waals surface area contributed by atoms with Crippen LogP contribution in [0.5, 0.6) is 0 Å². The number of aliphatic hydroxyl groups excluding tert-OH is 5. The van der Waals surface area contributed by atoms with Gasteiger partial charge in [-0.1, -0.05) is 0 Å². The normalized spacial score (nSPS) is 51.1. The van der Waals surface area contributed by atoms with E-state index >= 15 is 0 Å². The van der Waals surface area contributed by atoms with Crippen molar-refractivity contribution in [1.29, 1.82) is 0 Å². The molecular formula is C13H21Cl3O7. The lowest BCUT2D eigenvalue weighted by atomic mass is 9.98. The molecule has 23 heavy (non-hydrogen) atoms. The van der Waals surface area contributed by atoms with Crippen LogP contribution in [0.15, 0.2) is 0 Å². The van der Waals surface area contributed by atoms with Crippen LogP contribution in [-0.4, -0.2) is 91.7 Å². The van der Waals surface area contributed by atoms with Crippen LogP contribution in [-0.2, 0) is 9.47 Å². The molecule has 1 aliphatic heterocycles. The van der Waals surface area contributed by atoms with Gasteiger partial charge in [-0.25, -0.2) is 0 Å². The third-order valence-electron chi connectivity index (χ3n) is 4.53. The molecular weight excluding hydrogens is 374 g/mol. The molecule has 2 fully saturated rings. The molecule has 0 aromatic rings. The van der Waals surface area contributed by atoms with Gasteiger partial charge in [-0.3, -0.25) is 0 Å². The van der Waals surface area contributed by atoms with E-state index in [0.717, 1.165) is 0 Å². The summed E-state index contributed by atoms with van der Waals surface area (Å²) in [5.41, 5.74) is -1.40. The zero-order chi connectivity index (χ0) is 17.4. The van der Waals surface area contributed by atoms with Gasteiger partial charge < -0.3 is 35.0 Å². The molecule has 1 aliphatic carbocycles. The van der Waals surface area contributed by atoms with E-state index < -0.39 is 60.3 Å². The van der Waals surface area contributed by atoms with Crippen molar-refractivity contribution in [1.82, 2.24) is 0 Å². The lowest BCUT2D eigenvalue weighted by Gasteiger charge is -2.43. The van der Waals surface area contributed by atoms with Crippen molar-refractivity contribution in [3.05, 3.63) is 0 Å². The Bertz CT molecular complexity index is 402. The second-order valence-corrected chi connectivity index (χ2v) is 7.10. The summed E-state index contributed by atoms with van der Waals surface area (Å²) >= 11 is 17.6. The number of rotatable bonds is 5. The Hall–Kier alpha value is 0.590. The van der Waals surface area contributed by atoms with Crippen molar-refractivity contribution in [2.45, 2.75) is 54.2 Å². The Morgan fingerprint density at radius 3 is 2.22 bits per heavy atom. The number of aliphatic hydroxyl groups is 5. The highest BCUT2D eigenvalue weighted by atomic mass is 35.5. The van der Waals surface area contributed by atoms with E-state index in [1.165, 1.54) is 0 Å². The van der Waals surface area contributed by atoms with Crippen molar-refractivity contribution in [2.75, 3.05) is 18.4 Å². The van der Waals surface area contributed by atoms with Crippen LogP contribution in [0, 0.1) is 5.92 Å². The zero-order valence-electron chi connectivity index (χ0n) is 12.1. The first kappa shape index (κ1) is 19.9. The fraction of sp³-hybridized carbons (Fsp3) is 1.00. The Kier molecular flexibility index (Phi) is 6.81. The van der Waals surface area contributed by atoms with Crippen molar-refractivity contribution in [2.24, 2.45) is 5.92 Å². The van der Waals surface area contributed by atoms with E-state index in [1.807, 2.05) is 0 Å². The smallest absolute Gasteiger partial charge is 0.187 e. The summed E-state index contributed by atoms with van der Waals surface area (Å²) in [5, 5.41) is 48.6. The van der Waals surface area contributed by atoms with Crippen LogP contribution in [0.1, 0.15) is 6.42 Å². The average Bonchev–Trinajstić information content (AvgIpc) is 2.80. The predicted octanol–water partition coefficient (Wildman–Crippen LogP) is -0.993. The van der Waals surface area contributed by atoms with Gasteiger partial charge >= 0.3 is 0 Å². The minimum atomic E-state index is -1.50. The van der Waals surface area contributed by atoms with Crippen molar-refractivity contribution < 1.29 is 35.0 Å². The summed E-state index contributed by atoms with van der Waals surface area (Å²) in [7, 11) is 0. The predicted molar refractivity (Wildman–Crippen MR) is 82.8 cm³/mol. The molecule has 0 radical (unpaired) electrons. The summed E-state index contributed by atoms with van der Waals surface area (Å²) in [4.78, 5) is 0. The van der Waals surface area contributed by atoms with E-state index in [0.29, 0.717) is 0 Å². The molecule has 7 nitrogen and oxygen atoms in total. The lowest BCUT2D eigenvalue weighted by Crippen LogP contribution is -2.60. The van der Waals surface area contributed by atoms with Crippen LogP contribution in [0.3, 0.4) is 0 Å². The maximum atomic E-state index is 10.3. The van der Waals surface area contributed by atoms with Crippen LogP contribution < -0.4 is 0 Å². The molecule has 10 heteroatoms. The molecule has 0 bridgehead atoms. The molecule has 1 saturated carbocycles. The summed E-state index contributed by atoms with van der Waals surface area (Å²) in [6, 6.07) is 0. The first-order chi connectivity index (χ1) is 10.8. The molecule has 2 aliphatic rings. The van der Waals surface area contributed by atoms with Crippen LogP contribution in [0.4, 0.5) is 0 Å². The summed E-state index contributed by atoms with van der Waals surface area (Å²) in [6.07, 6.45) is -7.54. The van der Waals surface area contributed by atoms with Gasteiger partial charge in [-0.2, -0.15) is 0 Å². The van der Waals surface area contributed by atoms with E-state index in [-0.39, 0.29) is 18.2 Å². The van der Waals surface area contributed by atoms with Gasteiger partial charge in [0.2, 0.25) is 0 Å². The van der Waals surface area contributed by atoms with Crippen molar-refractivity contribution in [3.8, 4) is 0 Å². The van der Waals surface area contributed by atoms with Crippen molar-refractivity contribution >= 4 is 34.8 Å². The highest BCUT2D eigenvalue weighted by molar-refractivity contribution is 6.21. The minimum Gasteiger partial charge on any atom is -0.394 e. The van der Waals surface area contributed by atoms with Crippen molar-refractivity contribution in [3.63, 3.8) is 0 Å². The van der Waals surface area contributed by atoms with Gasteiger partial charge in [0.15, 0.2) is 6.29 Å². The molecule has 5 N–H and O–H groups in total. The summed E-state index contributed by atoms with van der Waals surface area (Å²) < 4.78 is 11.0. The molecule has 136 valence electrons. The quantitative estimate of drug-likeness (QED) is 0.379. The Morgan fingerprint density at radius 2 is 1.74 bits per heavy atom. The number of hydrogen-bond acceptors (Lipinski definition) is 7. The van der Waals surface area contributed by atoms with E-state index in [4.69, 9.17) is 44.3 Å². The molecule has 0 spiro atoms. The second kappa shape index (κ2) is 7.86. The Morgan fingerprint density at radius 1 is 1.09 bits per heavy atom. The van der Waals surface area contributed by atoms with Crippen LogP contribution in [0.25, 0.3) is 0 Å². The molecule has 0 amide bonds. The highest BCUT2D eigenvalue weighted by Crippen LogP contribution is 2.42. The third kappa shape index (κ3) is 3.60. The standard InChI is InChI=1S/C13H21Cl3O7/c14-2-5-1-13(4-15,11(21)8(5)18)23-12-10(20)9(19)7(16)6(3-17)22-12/h5-12,17-21H,1-4H2/t5-,6?,7-,8-,9+,10+,11+,12-,13-/m0/s1. The first-order valence-corrected chi connectivity index (χ1v) is 8.74. The minimum absolute atomic E-state index is 0.0972. The maximum absolute atomic E-state index is 10.3. The number of ether oxygens (including phenoxy) is 2.